The van der Waals surface area contributed by atoms with Crippen LogP contribution in [0.15, 0.2) is 34.0 Å². The molecule has 0 aliphatic carbocycles. The van der Waals surface area contributed by atoms with Gasteiger partial charge in [-0.05, 0) is 6.07 Å². The van der Waals surface area contributed by atoms with E-state index in [1.807, 2.05) is 0 Å². The maximum absolute atomic E-state index is 15.9. The van der Waals surface area contributed by atoms with Gasteiger partial charge in [-0.15, -0.1) is 0 Å². The van der Waals surface area contributed by atoms with Crippen molar-refractivity contribution in [3.63, 3.8) is 0 Å². The second-order valence-corrected chi connectivity index (χ2v) is 8.39. The highest BCUT2D eigenvalue weighted by molar-refractivity contribution is 7.49. The number of hydrogen-bond donors (Lipinski definition) is 4. The molecule has 0 bridgehead atoms. The number of phosphoric acid groups is 1. The van der Waals surface area contributed by atoms with Gasteiger partial charge in [0.25, 0.3) is 11.4 Å². The lowest BCUT2D eigenvalue weighted by molar-refractivity contribution is -0.205. The second-order valence-electron chi connectivity index (χ2n) is 6.87. The number of ether oxygens (including phenoxy) is 2. The normalized spacial score (nSPS) is 35.1. The maximum atomic E-state index is 15.9. The Balaban J connectivity index is 1.69. The molecule has 1 saturated heterocycles. The number of halogens is 1. The van der Waals surface area contributed by atoms with E-state index in [4.69, 9.17) is 27.2 Å². The molecule has 3 heterocycles. The van der Waals surface area contributed by atoms with Gasteiger partial charge in [-0.1, -0.05) is 12.1 Å². The third-order valence-electron chi connectivity index (χ3n) is 4.77. The first kappa shape index (κ1) is 19.9. The molecule has 180 valence electrons. The fourth-order valence-electron chi connectivity index (χ4n) is 3.06. The molecule has 0 spiro atoms. The smallest absolute Gasteiger partial charge is 0.493 e. The summed E-state index contributed by atoms with van der Waals surface area (Å²) in [6.07, 6.45) is -8.29. The van der Waals surface area contributed by atoms with Crippen LogP contribution in [0.25, 0.3) is 0 Å². The molecule has 4 N–H and O–H groups in total. The Morgan fingerprint density at radius 1 is 1.45 bits per heavy atom. The molecule has 1 fully saturated rings. The summed E-state index contributed by atoms with van der Waals surface area (Å²) in [5.41, 5.74) is -2.63. The number of aromatic nitrogens is 2. The summed E-state index contributed by atoms with van der Waals surface area (Å²) in [5, 5.41) is 30.0. The number of phosphoric ester groups is 1. The lowest BCUT2D eigenvalue weighted by Crippen LogP contribution is -2.43. The molecule has 0 saturated carbocycles. The molecule has 0 radical (unpaired) electrons. The number of aliphatic hydroxyl groups is 3. The summed E-state index contributed by atoms with van der Waals surface area (Å²) in [6, 6.07) is 4.51. The van der Waals surface area contributed by atoms with Crippen LogP contribution in [0.4, 0.5) is 4.39 Å². The Morgan fingerprint density at radius 2 is 2.21 bits per heavy atom. The average molecular weight is 493 g/mol. The van der Waals surface area contributed by atoms with Gasteiger partial charge in [0, 0.05) is 11.8 Å². The van der Waals surface area contributed by atoms with Gasteiger partial charge in [-0.25, -0.2) is 13.8 Å². The Kier molecular flexibility index (Phi) is 5.20. The lowest BCUT2D eigenvalue weighted by atomic mass is 10.1. The van der Waals surface area contributed by atoms with Crippen LogP contribution >= 0.6 is 7.82 Å². The quantitative estimate of drug-likeness (QED) is 0.388. The molecular weight excluding hydrogens is 470 g/mol. The van der Waals surface area contributed by atoms with Crippen molar-refractivity contribution < 1.29 is 51.4 Å². The Hall–Kier alpha value is -2.58. The molecule has 2 aliphatic heterocycles. The number of hydrogen-bond acceptors (Lipinski definition) is 11. The number of nitrogens with one attached hydrogen (secondary N) is 1. The number of fused-ring (bicyclic) bond motifs is 1. The second kappa shape index (κ2) is 8.65. The predicted molar refractivity (Wildman–Crippen MR) is 105 cm³/mol. The highest BCUT2D eigenvalue weighted by atomic mass is 31.2. The van der Waals surface area contributed by atoms with Crippen LogP contribution < -0.4 is 20.5 Å². The first-order chi connectivity index (χ1) is 16.7. The number of methoxy groups -OCH3 is 1. The van der Waals surface area contributed by atoms with Gasteiger partial charge in [-0.3, -0.25) is 23.4 Å². The van der Waals surface area contributed by atoms with Crippen molar-refractivity contribution in [3.8, 4) is 11.5 Å². The van der Waals surface area contributed by atoms with E-state index in [2.05, 4.69) is 0 Å². The lowest BCUT2D eigenvalue weighted by Gasteiger charge is -2.28. The molecule has 4 rings (SSSR count). The zero-order chi connectivity index (χ0) is 26.7. The van der Waals surface area contributed by atoms with Crippen LogP contribution in [0.3, 0.4) is 0 Å². The summed E-state index contributed by atoms with van der Waals surface area (Å²) < 4.78 is 78.1. The highest BCUT2D eigenvalue weighted by Gasteiger charge is 2.57. The molecule has 1 aromatic carbocycles. The number of H-pyrrole nitrogens is 1. The van der Waals surface area contributed by atoms with E-state index in [0.29, 0.717) is 11.8 Å². The van der Waals surface area contributed by atoms with Crippen molar-refractivity contribution in [2.75, 3.05) is 13.7 Å². The van der Waals surface area contributed by atoms with E-state index >= 15 is 4.39 Å². The molecule has 1 aromatic heterocycles. The van der Waals surface area contributed by atoms with Gasteiger partial charge < -0.3 is 29.3 Å². The minimum atomic E-state index is -4.97. The number of aliphatic hydroxyl groups excluding tert-OH is 3. The zero-order valence-corrected chi connectivity index (χ0v) is 17.7. The molecular formula is C18H20FN2O11P. The summed E-state index contributed by atoms with van der Waals surface area (Å²) in [6.45, 7) is -5.29. The molecule has 0 amide bonds. The van der Waals surface area contributed by atoms with Crippen molar-refractivity contribution in [1.82, 2.24) is 9.55 Å². The van der Waals surface area contributed by atoms with Crippen LogP contribution in [0, 0.1) is 0 Å². The van der Waals surface area contributed by atoms with Crippen LogP contribution in [-0.2, 0) is 31.6 Å². The first-order valence-corrected chi connectivity index (χ1v) is 10.7. The maximum Gasteiger partial charge on any atom is 0.530 e. The van der Waals surface area contributed by atoms with E-state index in [9.17, 15) is 29.5 Å². The number of benzene rings is 1. The summed E-state index contributed by atoms with van der Waals surface area (Å²) in [5.74, 6) is -4.21. The number of alkyl halides is 1. The molecule has 13 nitrogen and oxygen atoms in total. The van der Waals surface area contributed by atoms with Gasteiger partial charge in [-0.2, -0.15) is 0 Å². The topological polar surface area (TPSA) is 179 Å². The summed E-state index contributed by atoms with van der Waals surface area (Å²) >= 11 is 0. The van der Waals surface area contributed by atoms with Crippen molar-refractivity contribution in [1.29, 1.82) is 0 Å². The Bertz CT molecular complexity index is 1340. The fourth-order valence-corrected chi connectivity index (χ4v) is 4.17. The number of nitrogens with zero attached hydrogens (tertiary/aromatic N) is 1. The minimum absolute atomic E-state index is 0.0741. The van der Waals surface area contributed by atoms with Gasteiger partial charge in [0.15, 0.2) is 17.7 Å². The molecule has 2 aliphatic rings. The van der Waals surface area contributed by atoms with Gasteiger partial charge >= 0.3 is 13.5 Å². The SMILES string of the molecule is [2H]C([2H])(OP1(=O)OCc2cccc(OC)c2O1)[C@@]1(F)O[C@@]([2H])(n2cc(CO)c(=O)[nH]c2=O)[C@H](O)[C@@H]1O. The van der Waals surface area contributed by atoms with Crippen molar-refractivity contribution in [3.05, 3.63) is 56.4 Å². The number of para-hydroxylation sites is 1. The van der Waals surface area contributed by atoms with Crippen molar-refractivity contribution in [2.45, 2.75) is 37.5 Å². The fraction of sp³-hybridized carbons (Fsp3) is 0.444. The first-order valence-electron chi connectivity index (χ1n) is 10.7. The third-order valence-corrected chi connectivity index (χ3v) is 5.93. The monoisotopic (exact) mass is 493 g/mol. The molecule has 2 aromatic rings. The highest BCUT2D eigenvalue weighted by Crippen LogP contribution is 2.57. The van der Waals surface area contributed by atoms with Gasteiger partial charge in [0.05, 0.1) is 30.0 Å². The van der Waals surface area contributed by atoms with Crippen LogP contribution in [-0.4, -0.2) is 56.6 Å². The largest absolute Gasteiger partial charge is 0.530 e. The zero-order valence-electron chi connectivity index (χ0n) is 19.8. The molecule has 15 heteroatoms. The molecule has 5 atom stereocenters. The summed E-state index contributed by atoms with van der Waals surface area (Å²) in [4.78, 5) is 25.7. The third kappa shape index (κ3) is 4.22. The van der Waals surface area contributed by atoms with E-state index in [1.165, 1.54) is 19.2 Å². The molecule has 33 heavy (non-hydrogen) atoms. The van der Waals surface area contributed by atoms with Crippen molar-refractivity contribution in [2.24, 2.45) is 0 Å². The van der Waals surface area contributed by atoms with E-state index < -0.39 is 68.7 Å². The van der Waals surface area contributed by atoms with Gasteiger partial charge in [0.1, 0.15) is 18.8 Å². The average Bonchev–Trinajstić information content (AvgIpc) is 2.99. The Labute approximate surface area is 188 Å². The van der Waals surface area contributed by atoms with Crippen LogP contribution in [0.2, 0.25) is 0 Å². The van der Waals surface area contributed by atoms with Crippen LogP contribution in [0.5, 0.6) is 11.5 Å². The van der Waals surface area contributed by atoms with Gasteiger partial charge in [0.2, 0.25) is 0 Å². The molecule has 1 unspecified atom stereocenters. The van der Waals surface area contributed by atoms with E-state index in [-0.39, 0.29) is 16.1 Å². The Morgan fingerprint density at radius 3 is 2.91 bits per heavy atom. The number of rotatable bonds is 6. The van der Waals surface area contributed by atoms with Crippen molar-refractivity contribution >= 4 is 7.82 Å². The van der Waals surface area contributed by atoms with E-state index in [0.717, 1.165) is 0 Å². The standard InChI is InChI=1S/C18H20FN2O11P/c1-28-11-4-2-3-9-7-29-33(27,32-13(9)11)30-8-18(19)14(24)12(23)16(31-18)21-5-10(6-22)15(25)20-17(21)26/h2-5,12,14,16,22-24H,6-8H2,1H3,(H,20,25,26)/t12-,14+,16-,18-,33?/m1/s1/i8D2,16D. The van der Waals surface area contributed by atoms with E-state index in [1.54, 1.807) is 11.1 Å². The number of aromatic amines is 1. The van der Waals surface area contributed by atoms with Crippen LogP contribution in [0.1, 0.15) is 21.4 Å². The summed E-state index contributed by atoms with van der Waals surface area (Å²) in [7, 11) is -3.70. The predicted octanol–water partition coefficient (Wildman–Crippen LogP) is -0.312. The minimum Gasteiger partial charge on any atom is -0.493 e.